The Kier molecular flexibility index (Phi) is 6.79. The Hall–Kier alpha value is -1.88. The largest absolute Gasteiger partial charge is 0.354 e. The summed E-state index contributed by atoms with van der Waals surface area (Å²) in [5.41, 5.74) is 3.56. The fourth-order valence-corrected chi connectivity index (χ4v) is 2.80. The van der Waals surface area contributed by atoms with Crippen LogP contribution in [-0.4, -0.2) is 28.9 Å². The first-order chi connectivity index (χ1) is 11.5. The molecule has 0 radical (unpaired) electrons. The molecule has 2 aromatic rings. The lowest BCUT2D eigenvalue weighted by atomic mass is 10.2. The van der Waals surface area contributed by atoms with Crippen molar-refractivity contribution in [1.82, 2.24) is 9.88 Å². The minimum atomic E-state index is 0.0434. The van der Waals surface area contributed by atoms with Gasteiger partial charge in [-0.25, -0.2) is 0 Å². The number of hydrogen-bond acceptors (Lipinski definition) is 3. The number of pyridine rings is 1. The first kappa shape index (κ1) is 18.5. The number of halogens is 1. The zero-order chi connectivity index (χ0) is 17.5. The van der Waals surface area contributed by atoms with Crippen molar-refractivity contribution in [3.05, 3.63) is 52.3 Å². The van der Waals surface area contributed by atoms with Crippen molar-refractivity contribution in [2.75, 3.05) is 18.4 Å². The highest BCUT2D eigenvalue weighted by Gasteiger charge is 2.15. The molecular weight excluding hydrogens is 366 g/mol. The van der Waals surface area contributed by atoms with Gasteiger partial charge in [0.25, 0.3) is 5.91 Å². The summed E-state index contributed by atoms with van der Waals surface area (Å²) in [6, 6.07) is 7.92. The second-order valence-corrected chi connectivity index (χ2v) is 6.70. The molecule has 128 valence electrons. The van der Waals surface area contributed by atoms with E-state index in [2.05, 4.69) is 46.1 Å². The minimum Gasteiger partial charge on any atom is -0.354 e. The summed E-state index contributed by atoms with van der Waals surface area (Å²) in [6.45, 7) is 7.76. The van der Waals surface area contributed by atoms with Gasteiger partial charge in [0, 0.05) is 29.4 Å². The average Bonchev–Trinajstić information content (AvgIpc) is 2.58. The highest BCUT2D eigenvalue weighted by molar-refractivity contribution is 9.10. The quantitative estimate of drug-likeness (QED) is 0.711. The van der Waals surface area contributed by atoms with Crippen LogP contribution in [0.2, 0.25) is 0 Å². The van der Waals surface area contributed by atoms with Crippen LogP contribution in [0.25, 0.3) is 0 Å². The van der Waals surface area contributed by atoms with E-state index in [9.17, 15) is 4.79 Å². The Bertz CT molecular complexity index is 697. The maximum absolute atomic E-state index is 12.7. The first-order valence-corrected chi connectivity index (χ1v) is 9.12. The summed E-state index contributed by atoms with van der Waals surface area (Å²) >= 11 is 3.50. The van der Waals surface area contributed by atoms with Crippen molar-refractivity contribution in [2.24, 2.45) is 0 Å². The third kappa shape index (κ3) is 4.81. The minimum absolute atomic E-state index is 0.0434. The average molecular weight is 390 g/mol. The van der Waals surface area contributed by atoms with Crippen LogP contribution in [0.4, 0.5) is 11.4 Å². The van der Waals surface area contributed by atoms with Crippen molar-refractivity contribution < 1.29 is 4.79 Å². The highest BCUT2D eigenvalue weighted by atomic mass is 79.9. The third-order valence-electron chi connectivity index (χ3n) is 3.71. The summed E-state index contributed by atoms with van der Waals surface area (Å²) in [5.74, 6) is 0.0434. The van der Waals surface area contributed by atoms with Gasteiger partial charge in [0.05, 0.1) is 17.4 Å². The van der Waals surface area contributed by atoms with E-state index in [0.717, 1.165) is 47.3 Å². The number of anilines is 2. The molecule has 2 rings (SSSR count). The number of aromatic nitrogens is 1. The molecule has 0 spiro atoms. The summed E-state index contributed by atoms with van der Waals surface area (Å²) < 4.78 is 1.07. The molecule has 1 aromatic heterocycles. The van der Waals surface area contributed by atoms with Crippen LogP contribution in [0.3, 0.4) is 0 Å². The van der Waals surface area contributed by atoms with Gasteiger partial charge >= 0.3 is 0 Å². The molecule has 1 heterocycles. The maximum atomic E-state index is 12.7. The van der Waals surface area contributed by atoms with E-state index in [4.69, 9.17) is 0 Å². The molecule has 24 heavy (non-hydrogen) atoms. The van der Waals surface area contributed by atoms with Crippen LogP contribution in [0.5, 0.6) is 0 Å². The Labute approximate surface area is 152 Å². The number of amides is 1. The topological polar surface area (TPSA) is 45.2 Å². The van der Waals surface area contributed by atoms with Gasteiger partial charge in [0.2, 0.25) is 0 Å². The van der Waals surface area contributed by atoms with Crippen molar-refractivity contribution in [1.29, 1.82) is 0 Å². The number of hydrogen-bond donors (Lipinski definition) is 1. The van der Waals surface area contributed by atoms with Crippen LogP contribution < -0.4 is 5.32 Å². The van der Waals surface area contributed by atoms with E-state index >= 15 is 0 Å². The highest BCUT2D eigenvalue weighted by Crippen LogP contribution is 2.23. The fraction of sp³-hybridized carbons (Fsp3) is 0.368. The van der Waals surface area contributed by atoms with E-state index in [1.807, 2.05) is 30.0 Å². The molecule has 1 amide bonds. The fourth-order valence-electron chi connectivity index (χ4n) is 2.55. The maximum Gasteiger partial charge on any atom is 0.255 e. The van der Waals surface area contributed by atoms with Crippen LogP contribution in [0.15, 0.2) is 41.1 Å². The summed E-state index contributed by atoms with van der Waals surface area (Å²) in [5, 5.41) is 3.32. The number of aryl methyl sites for hydroxylation is 1. The van der Waals surface area contributed by atoms with E-state index in [1.165, 1.54) is 0 Å². The number of nitrogens with zero attached hydrogens (tertiary/aromatic N) is 2. The molecule has 1 N–H and O–H groups in total. The molecule has 1 aromatic carbocycles. The van der Waals surface area contributed by atoms with Crippen molar-refractivity contribution in [3.8, 4) is 0 Å². The predicted molar refractivity (Wildman–Crippen MR) is 103 cm³/mol. The standard InChI is InChI=1S/C19H24BrN3O/c1-4-8-23(9-5-2)19(24)15-11-17(13-21-12-15)22-16-6-7-18(20)14(3)10-16/h6-7,10-13,22H,4-5,8-9H2,1-3H3. The Morgan fingerprint density at radius 1 is 1.12 bits per heavy atom. The molecule has 0 saturated carbocycles. The normalized spacial score (nSPS) is 10.5. The van der Waals surface area contributed by atoms with E-state index in [-0.39, 0.29) is 5.91 Å². The molecule has 0 aliphatic rings. The molecule has 0 aliphatic carbocycles. The summed E-state index contributed by atoms with van der Waals surface area (Å²) in [6.07, 6.45) is 5.28. The first-order valence-electron chi connectivity index (χ1n) is 8.32. The van der Waals surface area contributed by atoms with Gasteiger partial charge in [-0.15, -0.1) is 0 Å². The number of carbonyl (C=O) groups is 1. The SMILES string of the molecule is CCCN(CCC)C(=O)c1cncc(Nc2ccc(Br)c(C)c2)c1. The zero-order valence-electron chi connectivity index (χ0n) is 14.5. The van der Waals surface area contributed by atoms with Gasteiger partial charge in [-0.2, -0.15) is 0 Å². The lowest BCUT2D eigenvalue weighted by Crippen LogP contribution is -2.32. The Morgan fingerprint density at radius 2 is 1.83 bits per heavy atom. The second-order valence-electron chi connectivity index (χ2n) is 5.84. The molecule has 0 aliphatic heterocycles. The van der Waals surface area contributed by atoms with Crippen molar-refractivity contribution in [2.45, 2.75) is 33.6 Å². The van der Waals surface area contributed by atoms with Gasteiger partial charge in [-0.05, 0) is 49.6 Å². The van der Waals surface area contributed by atoms with Crippen molar-refractivity contribution >= 4 is 33.2 Å². The number of nitrogens with one attached hydrogen (secondary N) is 1. The number of carbonyl (C=O) groups excluding carboxylic acids is 1. The number of rotatable bonds is 7. The molecule has 0 saturated heterocycles. The summed E-state index contributed by atoms with van der Waals surface area (Å²) in [4.78, 5) is 18.8. The monoisotopic (exact) mass is 389 g/mol. The van der Waals surface area contributed by atoms with Gasteiger partial charge in [0.1, 0.15) is 0 Å². The van der Waals surface area contributed by atoms with Gasteiger partial charge in [-0.1, -0.05) is 29.8 Å². The lowest BCUT2D eigenvalue weighted by molar-refractivity contribution is 0.0755. The predicted octanol–water partition coefficient (Wildman–Crippen LogP) is 5.16. The second kappa shape index (κ2) is 8.83. The van der Waals surface area contributed by atoms with E-state index in [1.54, 1.807) is 12.4 Å². The Balaban J connectivity index is 2.18. The van der Waals surface area contributed by atoms with E-state index in [0.29, 0.717) is 5.56 Å². The van der Waals surface area contributed by atoms with Crippen LogP contribution in [0.1, 0.15) is 42.6 Å². The van der Waals surface area contributed by atoms with E-state index < -0.39 is 0 Å². The molecule has 0 unspecified atom stereocenters. The van der Waals surface area contributed by atoms with Gasteiger partial charge in [-0.3, -0.25) is 9.78 Å². The smallest absolute Gasteiger partial charge is 0.255 e. The third-order valence-corrected chi connectivity index (χ3v) is 4.60. The number of benzene rings is 1. The van der Waals surface area contributed by atoms with Crippen LogP contribution in [-0.2, 0) is 0 Å². The van der Waals surface area contributed by atoms with Crippen molar-refractivity contribution in [3.63, 3.8) is 0 Å². The Morgan fingerprint density at radius 3 is 2.46 bits per heavy atom. The molecule has 0 atom stereocenters. The van der Waals surface area contributed by atoms with Gasteiger partial charge < -0.3 is 10.2 Å². The van der Waals surface area contributed by atoms with Crippen LogP contribution >= 0.6 is 15.9 Å². The molecule has 0 bridgehead atoms. The lowest BCUT2D eigenvalue weighted by Gasteiger charge is -2.21. The zero-order valence-corrected chi connectivity index (χ0v) is 16.1. The molecule has 5 heteroatoms. The van der Waals surface area contributed by atoms with Gasteiger partial charge in [0.15, 0.2) is 0 Å². The summed E-state index contributed by atoms with van der Waals surface area (Å²) in [7, 11) is 0. The molecule has 0 fully saturated rings. The molecular formula is C19H24BrN3O. The van der Waals surface area contributed by atoms with Crippen LogP contribution in [0, 0.1) is 6.92 Å². The molecule has 4 nitrogen and oxygen atoms in total.